The number of ether oxygens (including phenoxy) is 1. The van der Waals surface area contributed by atoms with Crippen molar-refractivity contribution in [3.8, 4) is 5.75 Å². The molecule has 0 aliphatic heterocycles. The second-order valence-corrected chi connectivity index (χ2v) is 4.68. The van der Waals surface area contributed by atoms with Gasteiger partial charge in [0.05, 0.1) is 7.11 Å². The van der Waals surface area contributed by atoms with Crippen LogP contribution in [0.25, 0.3) is 0 Å². The van der Waals surface area contributed by atoms with E-state index in [1.54, 1.807) is 43.3 Å². The molecule has 0 aliphatic rings. The lowest BCUT2D eigenvalue weighted by Gasteiger charge is -2.22. The summed E-state index contributed by atoms with van der Waals surface area (Å²) in [5, 5.41) is 12.6. The highest BCUT2D eigenvalue weighted by atomic mass is 32.1. The smallest absolute Gasteiger partial charge is 0.328 e. The van der Waals surface area contributed by atoms with Crippen molar-refractivity contribution in [1.82, 2.24) is 10.2 Å². The van der Waals surface area contributed by atoms with E-state index < -0.39 is 6.04 Å². The molecule has 0 aromatic heterocycles. The lowest BCUT2D eigenvalue weighted by molar-refractivity contribution is -0.142. The maximum absolute atomic E-state index is 11.7. The zero-order valence-corrected chi connectivity index (χ0v) is 12.0. The van der Waals surface area contributed by atoms with Crippen molar-refractivity contribution < 1.29 is 14.6 Å². The number of phenolic OH excluding ortho intramolecular Hbond substituents is 1. The van der Waals surface area contributed by atoms with Crippen LogP contribution in [-0.2, 0) is 16.0 Å². The highest BCUT2D eigenvalue weighted by molar-refractivity contribution is 7.80. The molecule has 0 bridgehead atoms. The van der Waals surface area contributed by atoms with Gasteiger partial charge in [0.15, 0.2) is 5.11 Å². The van der Waals surface area contributed by atoms with Gasteiger partial charge in [0, 0.05) is 20.5 Å². The molecule has 0 saturated carbocycles. The first-order valence-electron chi connectivity index (χ1n) is 5.77. The van der Waals surface area contributed by atoms with Gasteiger partial charge >= 0.3 is 5.97 Å². The number of thiocarbonyl (C=S) groups is 1. The van der Waals surface area contributed by atoms with Gasteiger partial charge in [-0.2, -0.15) is 0 Å². The van der Waals surface area contributed by atoms with Crippen molar-refractivity contribution in [1.29, 1.82) is 0 Å². The maximum atomic E-state index is 11.7. The van der Waals surface area contributed by atoms with E-state index in [0.717, 1.165) is 5.56 Å². The first-order valence-corrected chi connectivity index (χ1v) is 6.18. The number of benzene rings is 1. The summed E-state index contributed by atoms with van der Waals surface area (Å²) in [4.78, 5) is 13.4. The molecule has 0 heterocycles. The molecule has 0 saturated heterocycles. The van der Waals surface area contributed by atoms with Crippen LogP contribution < -0.4 is 5.32 Å². The molecule has 5 nitrogen and oxygen atoms in total. The third-order valence-electron chi connectivity index (χ3n) is 2.57. The summed E-state index contributed by atoms with van der Waals surface area (Å²) >= 11 is 5.13. The van der Waals surface area contributed by atoms with Crippen molar-refractivity contribution in [3.05, 3.63) is 29.8 Å². The molecule has 0 spiro atoms. The van der Waals surface area contributed by atoms with Crippen molar-refractivity contribution in [2.24, 2.45) is 0 Å². The monoisotopic (exact) mass is 282 g/mol. The van der Waals surface area contributed by atoms with E-state index in [4.69, 9.17) is 17.0 Å². The number of nitrogens with one attached hydrogen (secondary N) is 1. The van der Waals surface area contributed by atoms with Gasteiger partial charge in [0.2, 0.25) is 0 Å². The lowest BCUT2D eigenvalue weighted by atomic mass is 10.1. The van der Waals surface area contributed by atoms with Crippen LogP contribution in [0, 0.1) is 0 Å². The minimum Gasteiger partial charge on any atom is -0.508 e. The molecule has 6 heteroatoms. The summed E-state index contributed by atoms with van der Waals surface area (Å²) in [5.41, 5.74) is 0.905. The number of carbonyl (C=O) groups is 1. The fourth-order valence-electron chi connectivity index (χ4n) is 1.48. The average Bonchev–Trinajstić information content (AvgIpc) is 2.39. The summed E-state index contributed by atoms with van der Waals surface area (Å²) in [7, 11) is 4.93. The standard InChI is InChI=1S/C13H18N2O3S/c1-15(2)13(19)14-11(12(17)18-3)8-9-4-6-10(16)7-5-9/h4-7,11,16H,8H2,1-3H3,(H,14,19)/t11-/m0/s1. The van der Waals surface area contributed by atoms with Crippen molar-refractivity contribution in [3.63, 3.8) is 0 Å². The first kappa shape index (κ1) is 15.2. The summed E-state index contributed by atoms with van der Waals surface area (Å²) in [6, 6.07) is 6.11. The molecule has 0 fully saturated rings. The number of carbonyl (C=O) groups excluding carboxylic acids is 1. The number of aromatic hydroxyl groups is 1. The van der Waals surface area contributed by atoms with Crippen molar-refractivity contribution >= 4 is 23.3 Å². The van der Waals surface area contributed by atoms with Crippen molar-refractivity contribution in [2.75, 3.05) is 21.2 Å². The number of esters is 1. The molecule has 0 amide bonds. The largest absolute Gasteiger partial charge is 0.508 e. The SMILES string of the molecule is COC(=O)[C@H](Cc1ccc(O)cc1)NC(=S)N(C)C. The van der Waals surface area contributed by atoms with Crippen LogP contribution in [0.5, 0.6) is 5.75 Å². The molecule has 1 aromatic rings. The quantitative estimate of drug-likeness (QED) is 0.632. The van der Waals surface area contributed by atoms with E-state index >= 15 is 0 Å². The summed E-state index contributed by atoms with van der Waals surface area (Å²) in [6.45, 7) is 0. The third-order valence-corrected chi connectivity index (χ3v) is 3.05. The third kappa shape index (κ3) is 4.75. The molecule has 1 aromatic carbocycles. The highest BCUT2D eigenvalue weighted by Gasteiger charge is 2.21. The maximum Gasteiger partial charge on any atom is 0.328 e. The second-order valence-electron chi connectivity index (χ2n) is 4.29. The van der Waals surface area contributed by atoms with Gasteiger partial charge in [0.25, 0.3) is 0 Å². The summed E-state index contributed by atoms with van der Waals surface area (Å²) in [6.07, 6.45) is 0.431. The fraction of sp³-hybridized carbons (Fsp3) is 0.385. The van der Waals surface area contributed by atoms with Crippen molar-refractivity contribution in [2.45, 2.75) is 12.5 Å². The van der Waals surface area contributed by atoms with Crippen LogP contribution in [0.4, 0.5) is 0 Å². The topological polar surface area (TPSA) is 61.8 Å². The molecule has 1 atom stereocenters. The number of phenols is 1. The Morgan fingerprint density at radius 1 is 1.42 bits per heavy atom. The van der Waals surface area contributed by atoms with E-state index in [2.05, 4.69) is 5.32 Å². The van der Waals surface area contributed by atoms with Gasteiger partial charge < -0.3 is 20.1 Å². The Morgan fingerprint density at radius 2 is 2.00 bits per heavy atom. The number of hydrogen-bond donors (Lipinski definition) is 2. The van der Waals surface area contributed by atoms with Gasteiger partial charge in [-0.05, 0) is 29.9 Å². The lowest BCUT2D eigenvalue weighted by Crippen LogP contribution is -2.46. The zero-order valence-electron chi connectivity index (χ0n) is 11.2. The van der Waals surface area contributed by atoms with Gasteiger partial charge in [-0.1, -0.05) is 12.1 Å². The number of methoxy groups -OCH3 is 1. The van der Waals surface area contributed by atoms with Crippen LogP contribution in [0.1, 0.15) is 5.56 Å². The fourth-order valence-corrected chi connectivity index (χ4v) is 1.62. The first-order chi connectivity index (χ1) is 8.93. The molecule has 0 aliphatic carbocycles. The average molecular weight is 282 g/mol. The molecule has 2 N–H and O–H groups in total. The van der Waals surface area contributed by atoms with Crippen LogP contribution in [0.15, 0.2) is 24.3 Å². The molecule has 1 rings (SSSR count). The highest BCUT2D eigenvalue weighted by Crippen LogP contribution is 2.12. The van der Waals surface area contributed by atoms with Gasteiger partial charge in [-0.25, -0.2) is 4.79 Å². The Hall–Kier alpha value is -1.82. The molecule has 19 heavy (non-hydrogen) atoms. The Bertz CT molecular complexity index is 446. The summed E-state index contributed by atoms with van der Waals surface area (Å²) in [5.74, 6) is -0.188. The van der Waals surface area contributed by atoms with Crippen LogP contribution in [-0.4, -0.2) is 48.3 Å². The normalized spacial score (nSPS) is 11.5. The Morgan fingerprint density at radius 3 is 2.47 bits per heavy atom. The number of nitrogens with zero attached hydrogens (tertiary/aromatic N) is 1. The second kappa shape index (κ2) is 6.94. The van der Waals surface area contributed by atoms with E-state index in [-0.39, 0.29) is 11.7 Å². The van der Waals surface area contributed by atoms with Gasteiger partial charge in [-0.3, -0.25) is 0 Å². The Balaban J connectivity index is 2.77. The predicted molar refractivity (Wildman–Crippen MR) is 77.0 cm³/mol. The van der Waals surface area contributed by atoms with Gasteiger partial charge in [0.1, 0.15) is 11.8 Å². The predicted octanol–water partition coefficient (Wildman–Crippen LogP) is 0.912. The number of rotatable bonds is 4. The van der Waals surface area contributed by atoms with E-state index in [1.807, 2.05) is 0 Å². The molecular formula is C13H18N2O3S. The molecule has 0 unspecified atom stereocenters. The minimum absolute atomic E-state index is 0.190. The number of hydrogen-bond acceptors (Lipinski definition) is 4. The van der Waals surface area contributed by atoms with E-state index in [1.165, 1.54) is 7.11 Å². The minimum atomic E-state index is -0.551. The van der Waals surface area contributed by atoms with E-state index in [0.29, 0.717) is 11.5 Å². The van der Waals surface area contributed by atoms with E-state index in [9.17, 15) is 9.90 Å². The molecule has 0 radical (unpaired) electrons. The Kier molecular flexibility index (Phi) is 5.57. The van der Waals surface area contributed by atoms with Crippen LogP contribution >= 0.6 is 12.2 Å². The van der Waals surface area contributed by atoms with Crippen LogP contribution in [0.3, 0.4) is 0 Å². The summed E-state index contributed by atoms with van der Waals surface area (Å²) < 4.78 is 4.76. The Labute approximate surface area is 118 Å². The molecule has 104 valence electrons. The molecular weight excluding hydrogens is 264 g/mol. The van der Waals surface area contributed by atoms with Crippen LogP contribution in [0.2, 0.25) is 0 Å². The van der Waals surface area contributed by atoms with Gasteiger partial charge in [-0.15, -0.1) is 0 Å². The zero-order chi connectivity index (χ0) is 14.4.